The molecule has 0 bridgehead atoms. The number of nitrogens with one attached hydrogen (secondary N) is 1. The summed E-state index contributed by atoms with van der Waals surface area (Å²) in [5.41, 5.74) is 2.71. The highest BCUT2D eigenvalue weighted by molar-refractivity contribution is 5.88. The Morgan fingerprint density at radius 2 is 2.08 bits per heavy atom. The zero-order valence-electron chi connectivity index (χ0n) is 15.1. The molecule has 1 fully saturated rings. The van der Waals surface area contributed by atoms with Crippen molar-refractivity contribution in [3.63, 3.8) is 0 Å². The number of H-pyrrole nitrogens is 1. The van der Waals surface area contributed by atoms with Crippen LogP contribution in [-0.2, 0) is 11.2 Å². The molecule has 2 heterocycles. The molecular formula is C20H24N2O4. The molecule has 1 aromatic carbocycles. The molecule has 1 aromatic heterocycles. The molecule has 1 aliphatic rings. The minimum absolute atomic E-state index is 0.221. The van der Waals surface area contributed by atoms with Crippen molar-refractivity contribution in [1.82, 2.24) is 4.98 Å². The number of aromatic carboxylic acids is 1. The molecule has 6 heteroatoms. The van der Waals surface area contributed by atoms with Gasteiger partial charge < -0.3 is 19.7 Å². The molecule has 6 nitrogen and oxygen atoms in total. The zero-order chi connectivity index (χ0) is 18.7. The SMILES string of the molecule is CCc1cc(C(=O)O)c(=O)[nH]c1-c1ccc(N2CCC[C@@H]2COC)cc1. The second kappa shape index (κ2) is 7.74. The number of carbonyl (C=O) groups is 1. The monoisotopic (exact) mass is 356 g/mol. The summed E-state index contributed by atoms with van der Waals surface area (Å²) in [4.78, 5) is 28.3. The van der Waals surface area contributed by atoms with E-state index in [1.807, 2.05) is 31.2 Å². The van der Waals surface area contributed by atoms with E-state index in [1.54, 1.807) is 7.11 Å². The van der Waals surface area contributed by atoms with Gasteiger partial charge in [0.15, 0.2) is 0 Å². The van der Waals surface area contributed by atoms with Crippen molar-refractivity contribution in [2.45, 2.75) is 32.2 Å². The van der Waals surface area contributed by atoms with Crippen molar-refractivity contribution in [3.05, 3.63) is 51.8 Å². The van der Waals surface area contributed by atoms with Gasteiger partial charge in [-0.2, -0.15) is 0 Å². The lowest BCUT2D eigenvalue weighted by atomic mass is 10.0. The summed E-state index contributed by atoms with van der Waals surface area (Å²) < 4.78 is 5.32. The molecule has 138 valence electrons. The molecule has 0 saturated carbocycles. The van der Waals surface area contributed by atoms with Crippen molar-refractivity contribution < 1.29 is 14.6 Å². The van der Waals surface area contributed by atoms with Gasteiger partial charge >= 0.3 is 5.97 Å². The Balaban J connectivity index is 1.93. The van der Waals surface area contributed by atoms with Crippen molar-refractivity contribution in [2.24, 2.45) is 0 Å². The van der Waals surface area contributed by atoms with Gasteiger partial charge in [0, 0.05) is 19.3 Å². The third-order valence-electron chi connectivity index (χ3n) is 4.96. The van der Waals surface area contributed by atoms with E-state index in [2.05, 4.69) is 9.88 Å². The van der Waals surface area contributed by atoms with Gasteiger partial charge in [-0.25, -0.2) is 4.79 Å². The number of nitrogens with zero attached hydrogens (tertiary/aromatic N) is 1. The number of aromatic nitrogens is 1. The van der Waals surface area contributed by atoms with Gasteiger partial charge in [0.25, 0.3) is 5.56 Å². The number of aromatic amines is 1. The van der Waals surface area contributed by atoms with Crippen LogP contribution in [0.25, 0.3) is 11.3 Å². The molecule has 1 atom stereocenters. The lowest BCUT2D eigenvalue weighted by Crippen LogP contribution is -2.32. The number of anilines is 1. The van der Waals surface area contributed by atoms with Crippen LogP contribution in [-0.4, -0.2) is 42.4 Å². The topological polar surface area (TPSA) is 82.6 Å². The van der Waals surface area contributed by atoms with Gasteiger partial charge in [0.2, 0.25) is 0 Å². The highest BCUT2D eigenvalue weighted by Crippen LogP contribution is 2.29. The van der Waals surface area contributed by atoms with E-state index in [4.69, 9.17) is 9.84 Å². The fourth-order valence-corrected chi connectivity index (χ4v) is 3.63. The minimum atomic E-state index is -1.21. The Hall–Kier alpha value is -2.60. The van der Waals surface area contributed by atoms with Gasteiger partial charge in [-0.3, -0.25) is 4.79 Å². The van der Waals surface area contributed by atoms with Gasteiger partial charge in [0.1, 0.15) is 5.56 Å². The van der Waals surface area contributed by atoms with Crippen LogP contribution in [0.3, 0.4) is 0 Å². The predicted molar refractivity (Wildman–Crippen MR) is 101 cm³/mol. The summed E-state index contributed by atoms with van der Waals surface area (Å²) in [6.07, 6.45) is 2.91. The number of carboxylic acids is 1. The van der Waals surface area contributed by atoms with Crippen LogP contribution in [0.5, 0.6) is 0 Å². The van der Waals surface area contributed by atoms with Crippen LogP contribution in [0, 0.1) is 0 Å². The van der Waals surface area contributed by atoms with E-state index in [1.165, 1.54) is 6.07 Å². The van der Waals surface area contributed by atoms with E-state index in [-0.39, 0.29) is 5.56 Å². The maximum atomic E-state index is 12.1. The number of ether oxygens (including phenoxy) is 1. The minimum Gasteiger partial charge on any atom is -0.477 e. The number of hydrogen-bond acceptors (Lipinski definition) is 4. The fourth-order valence-electron chi connectivity index (χ4n) is 3.63. The van der Waals surface area contributed by atoms with E-state index in [9.17, 15) is 9.59 Å². The molecule has 3 rings (SSSR count). The predicted octanol–water partition coefficient (Wildman–Crippen LogP) is 2.92. The van der Waals surface area contributed by atoms with Crippen molar-refractivity contribution in [1.29, 1.82) is 0 Å². The normalized spacial score (nSPS) is 16.8. The number of rotatable bonds is 6. The number of methoxy groups -OCH3 is 1. The van der Waals surface area contributed by atoms with E-state index in [0.717, 1.165) is 36.2 Å². The summed E-state index contributed by atoms with van der Waals surface area (Å²) in [6, 6.07) is 9.91. The number of hydrogen-bond donors (Lipinski definition) is 2. The van der Waals surface area contributed by atoms with Gasteiger partial charge in [-0.15, -0.1) is 0 Å². The van der Waals surface area contributed by atoms with Crippen LogP contribution in [0.2, 0.25) is 0 Å². The molecule has 1 aliphatic heterocycles. The molecule has 0 amide bonds. The standard InChI is InChI=1S/C20H24N2O4/c1-3-13-11-17(20(24)25)19(23)21-18(13)14-6-8-15(9-7-14)22-10-4-5-16(22)12-26-2/h6-9,11,16H,3-5,10,12H2,1-2H3,(H,21,23)(H,24,25)/t16-/m1/s1. The van der Waals surface area contributed by atoms with Gasteiger partial charge in [-0.1, -0.05) is 19.1 Å². The Morgan fingerprint density at radius 1 is 1.35 bits per heavy atom. The molecule has 0 spiro atoms. The van der Waals surface area contributed by atoms with Crippen molar-refractivity contribution >= 4 is 11.7 Å². The maximum Gasteiger partial charge on any atom is 0.341 e. The van der Waals surface area contributed by atoms with Crippen LogP contribution in [0.4, 0.5) is 5.69 Å². The van der Waals surface area contributed by atoms with Crippen LogP contribution in [0.15, 0.2) is 35.1 Å². The molecule has 1 saturated heterocycles. The first-order chi connectivity index (χ1) is 12.5. The van der Waals surface area contributed by atoms with Crippen LogP contribution in [0.1, 0.15) is 35.7 Å². The van der Waals surface area contributed by atoms with Crippen LogP contribution >= 0.6 is 0 Å². The number of benzene rings is 1. The molecular weight excluding hydrogens is 332 g/mol. The summed E-state index contributed by atoms with van der Waals surface area (Å²) in [5, 5.41) is 9.14. The Morgan fingerprint density at radius 3 is 2.69 bits per heavy atom. The lowest BCUT2D eigenvalue weighted by Gasteiger charge is -2.26. The van der Waals surface area contributed by atoms with E-state index < -0.39 is 11.5 Å². The zero-order valence-corrected chi connectivity index (χ0v) is 15.1. The lowest BCUT2D eigenvalue weighted by molar-refractivity contribution is 0.0695. The third kappa shape index (κ3) is 3.51. The highest BCUT2D eigenvalue weighted by Gasteiger charge is 2.24. The quantitative estimate of drug-likeness (QED) is 0.832. The molecule has 0 unspecified atom stereocenters. The first-order valence-corrected chi connectivity index (χ1v) is 8.90. The van der Waals surface area contributed by atoms with Crippen molar-refractivity contribution in [2.75, 3.05) is 25.2 Å². The smallest absolute Gasteiger partial charge is 0.341 e. The second-order valence-corrected chi connectivity index (χ2v) is 6.56. The third-order valence-corrected chi connectivity index (χ3v) is 4.96. The fraction of sp³-hybridized carbons (Fsp3) is 0.400. The summed E-state index contributed by atoms with van der Waals surface area (Å²) in [7, 11) is 1.73. The Bertz CT molecular complexity index is 842. The number of carboxylic acid groups (broad SMARTS) is 1. The first kappa shape index (κ1) is 18.2. The average molecular weight is 356 g/mol. The van der Waals surface area contributed by atoms with Crippen LogP contribution < -0.4 is 10.5 Å². The van der Waals surface area contributed by atoms with Gasteiger partial charge in [-0.05, 0) is 48.6 Å². The Kier molecular flexibility index (Phi) is 5.42. The molecule has 2 N–H and O–H groups in total. The summed E-state index contributed by atoms with van der Waals surface area (Å²) >= 11 is 0. The largest absolute Gasteiger partial charge is 0.477 e. The van der Waals surface area contributed by atoms with E-state index in [0.29, 0.717) is 24.8 Å². The molecule has 0 radical (unpaired) electrons. The number of pyridine rings is 1. The molecule has 2 aromatic rings. The van der Waals surface area contributed by atoms with Gasteiger partial charge in [0.05, 0.1) is 18.3 Å². The van der Waals surface area contributed by atoms with Crippen molar-refractivity contribution in [3.8, 4) is 11.3 Å². The number of aryl methyl sites for hydroxylation is 1. The second-order valence-electron chi connectivity index (χ2n) is 6.56. The highest BCUT2D eigenvalue weighted by atomic mass is 16.5. The average Bonchev–Trinajstić information content (AvgIpc) is 3.10. The Labute approximate surface area is 152 Å². The summed E-state index contributed by atoms with van der Waals surface area (Å²) in [6.45, 7) is 3.67. The molecule has 0 aliphatic carbocycles. The molecule has 26 heavy (non-hydrogen) atoms. The van der Waals surface area contributed by atoms with E-state index >= 15 is 0 Å². The maximum absolute atomic E-state index is 12.1. The summed E-state index contributed by atoms with van der Waals surface area (Å²) in [5.74, 6) is -1.21. The first-order valence-electron chi connectivity index (χ1n) is 8.90.